The molecule has 8 heteroatoms. The summed E-state index contributed by atoms with van der Waals surface area (Å²) in [6, 6.07) is 13.5. The molecule has 1 aromatic carbocycles. The number of H-pyrrole nitrogens is 1. The lowest BCUT2D eigenvalue weighted by Crippen LogP contribution is -2.47. The molecule has 142 valence electrons. The first-order chi connectivity index (χ1) is 13.0. The molecule has 0 bridgehead atoms. The molecule has 0 saturated carbocycles. The molecule has 3 heterocycles. The van der Waals surface area contributed by atoms with Gasteiger partial charge in [-0.1, -0.05) is 18.2 Å². The van der Waals surface area contributed by atoms with Crippen molar-refractivity contribution in [1.29, 1.82) is 0 Å². The van der Waals surface area contributed by atoms with Crippen molar-refractivity contribution in [3.63, 3.8) is 0 Å². The number of aromatic nitrogens is 2. The molecular weight excluding hydrogens is 362 g/mol. The number of para-hydroxylation sites is 1. The number of nitrogens with one attached hydrogen (secondary N) is 2. The number of piperazine rings is 1. The third kappa shape index (κ3) is 3.83. The lowest BCUT2D eigenvalue weighted by molar-refractivity contribution is 0.222. The fourth-order valence-electron chi connectivity index (χ4n) is 3.23. The molecule has 0 unspecified atom stereocenters. The molecule has 1 saturated heterocycles. The summed E-state index contributed by atoms with van der Waals surface area (Å²) >= 11 is 0. The molecule has 0 aliphatic carbocycles. The van der Waals surface area contributed by atoms with Crippen LogP contribution in [0.3, 0.4) is 0 Å². The van der Waals surface area contributed by atoms with Gasteiger partial charge in [-0.3, -0.25) is 0 Å². The zero-order valence-corrected chi connectivity index (χ0v) is 16.0. The lowest BCUT2D eigenvalue weighted by atomic mass is 10.2. The maximum atomic E-state index is 12.7. The molecule has 3 aromatic rings. The van der Waals surface area contributed by atoms with Crippen LogP contribution in [0, 0.1) is 0 Å². The number of aromatic amines is 1. The molecule has 7 nitrogen and oxygen atoms in total. The van der Waals surface area contributed by atoms with Gasteiger partial charge in [0.25, 0.3) is 0 Å². The van der Waals surface area contributed by atoms with E-state index in [1.54, 1.807) is 12.1 Å². The van der Waals surface area contributed by atoms with Crippen LogP contribution >= 0.6 is 0 Å². The van der Waals surface area contributed by atoms with Gasteiger partial charge in [0.15, 0.2) is 0 Å². The molecule has 1 fully saturated rings. The summed E-state index contributed by atoms with van der Waals surface area (Å²) in [4.78, 5) is 10.00. The van der Waals surface area contributed by atoms with E-state index in [0.717, 1.165) is 29.7 Å². The van der Waals surface area contributed by atoms with Gasteiger partial charge in [0, 0.05) is 43.6 Å². The van der Waals surface area contributed by atoms with Gasteiger partial charge >= 0.3 is 0 Å². The van der Waals surface area contributed by atoms with Crippen LogP contribution in [0.1, 0.15) is 5.69 Å². The van der Waals surface area contributed by atoms with Crippen molar-refractivity contribution in [1.82, 2.24) is 19.2 Å². The summed E-state index contributed by atoms with van der Waals surface area (Å²) in [7, 11) is -1.48. The number of likely N-dealkylation sites (N-methyl/N-ethyl adjacent to an activating group) is 1. The fourth-order valence-corrected chi connectivity index (χ4v) is 4.60. The number of pyridine rings is 1. The largest absolute Gasteiger partial charge is 0.365 e. The topological polar surface area (TPSA) is 81.3 Å². The second-order valence-corrected chi connectivity index (χ2v) is 8.76. The van der Waals surface area contributed by atoms with Gasteiger partial charge in [0.05, 0.1) is 6.54 Å². The highest BCUT2D eigenvalue weighted by Gasteiger charge is 2.27. The summed E-state index contributed by atoms with van der Waals surface area (Å²) < 4.78 is 27.0. The van der Waals surface area contributed by atoms with E-state index < -0.39 is 10.0 Å². The van der Waals surface area contributed by atoms with E-state index in [2.05, 4.69) is 32.3 Å². The first-order valence-corrected chi connectivity index (χ1v) is 10.4. The standard InChI is InChI=1S/C19H23N5O2S/c1-23-8-10-24(11-9-23)27(25,26)17-6-7-19(21-14-17)20-13-16-12-15-4-2-3-5-18(15)22-16/h2-7,12,14,22H,8-11,13H2,1H3,(H,20,21). The van der Waals surface area contributed by atoms with Gasteiger partial charge in [-0.15, -0.1) is 0 Å². The van der Waals surface area contributed by atoms with E-state index in [9.17, 15) is 8.42 Å². The van der Waals surface area contributed by atoms with E-state index in [1.165, 1.54) is 10.5 Å². The van der Waals surface area contributed by atoms with Gasteiger partial charge in [-0.25, -0.2) is 13.4 Å². The minimum atomic E-state index is -3.48. The number of nitrogens with zero attached hydrogens (tertiary/aromatic N) is 3. The molecule has 0 radical (unpaired) electrons. The average molecular weight is 385 g/mol. The first kappa shape index (κ1) is 18.0. The predicted molar refractivity (Wildman–Crippen MR) is 106 cm³/mol. The van der Waals surface area contributed by atoms with Crippen LogP contribution in [0.15, 0.2) is 53.6 Å². The molecule has 1 aliphatic rings. The SMILES string of the molecule is CN1CCN(S(=O)(=O)c2ccc(NCc3cc4ccccc4[nH]3)nc2)CC1. The summed E-state index contributed by atoms with van der Waals surface area (Å²) in [6.07, 6.45) is 1.43. The lowest BCUT2D eigenvalue weighted by Gasteiger charge is -2.31. The van der Waals surface area contributed by atoms with Crippen LogP contribution in [0.5, 0.6) is 0 Å². The third-order valence-corrected chi connectivity index (χ3v) is 6.76. The van der Waals surface area contributed by atoms with Crippen molar-refractivity contribution < 1.29 is 8.42 Å². The molecule has 0 atom stereocenters. The minimum absolute atomic E-state index is 0.239. The van der Waals surface area contributed by atoms with Gasteiger partial charge < -0.3 is 15.2 Å². The number of hydrogen-bond acceptors (Lipinski definition) is 5. The second-order valence-electron chi connectivity index (χ2n) is 6.82. The Labute approximate surface area is 159 Å². The number of rotatable bonds is 5. The van der Waals surface area contributed by atoms with E-state index in [1.807, 2.05) is 25.2 Å². The van der Waals surface area contributed by atoms with Crippen LogP contribution < -0.4 is 5.32 Å². The van der Waals surface area contributed by atoms with Crippen LogP contribution in [0.2, 0.25) is 0 Å². The first-order valence-electron chi connectivity index (χ1n) is 8.98. The maximum Gasteiger partial charge on any atom is 0.244 e. The van der Waals surface area contributed by atoms with Crippen LogP contribution in [0.25, 0.3) is 10.9 Å². The zero-order chi connectivity index (χ0) is 18.9. The Hall–Kier alpha value is -2.42. The molecular formula is C19H23N5O2S. The monoisotopic (exact) mass is 385 g/mol. The average Bonchev–Trinajstić information content (AvgIpc) is 3.10. The van der Waals surface area contributed by atoms with Crippen molar-refractivity contribution >= 4 is 26.7 Å². The maximum absolute atomic E-state index is 12.7. The number of benzene rings is 1. The van der Waals surface area contributed by atoms with Crippen LogP contribution in [-0.4, -0.2) is 60.8 Å². The Kier molecular flexibility index (Phi) is 4.86. The van der Waals surface area contributed by atoms with E-state index >= 15 is 0 Å². The summed E-state index contributed by atoms with van der Waals surface area (Å²) in [5, 5.41) is 4.39. The minimum Gasteiger partial charge on any atom is -0.365 e. The highest BCUT2D eigenvalue weighted by atomic mass is 32.2. The van der Waals surface area contributed by atoms with Crippen LogP contribution in [-0.2, 0) is 16.6 Å². The molecule has 4 rings (SSSR count). The quantitative estimate of drug-likeness (QED) is 0.703. The Morgan fingerprint density at radius 2 is 1.89 bits per heavy atom. The summed E-state index contributed by atoms with van der Waals surface area (Å²) in [5.74, 6) is 0.644. The molecule has 2 aromatic heterocycles. The Balaban J connectivity index is 1.42. The molecule has 2 N–H and O–H groups in total. The van der Waals surface area contributed by atoms with Crippen LogP contribution in [0.4, 0.5) is 5.82 Å². The number of hydrogen-bond donors (Lipinski definition) is 2. The molecule has 0 amide bonds. The van der Waals surface area contributed by atoms with Crippen molar-refractivity contribution in [2.75, 3.05) is 38.5 Å². The number of fused-ring (bicyclic) bond motifs is 1. The predicted octanol–water partition coefficient (Wildman–Crippen LogP) is 2.11. The highest BCUT2D eigenvalue weighted by molar-refractivity contribution is 7.89. The Morgan fingerprint density at radius 1 is 1.11 bits per heavy atom. The fraction of sp³-hybridized carbons (Fsp3) is 0.316. The zero-order valence-electron chi connectivity index (χ0n) is 15.2. The van der Waals surface area contributed by atoms with E-state index in [-0.39, 0.29) is 4.90 Å². The summed E-state index contributed by atoms with van der Waals surface area (Å²) in [5.41, 5.74) is 2.14. The van der Waals surface area contributed by atoms with Crippen molar-refractivity contribution in [3.05, 3.63) is 54.4 Å². The van der Waals surface area contributed by atoms with Crippen molar-refractivity contribution in [2.45, 2.75) is 11.4 Å². The van der Waals surface area contributed by atoms with Crippen molar-refractivity contribution in [3.8, 4) is 0 Å². The van der Waals surface area contributed by atoms with Gasteiger partial charge in [0.1, 0.15) is 10.7 Å². The van der Waals surface area contributed by atoms with Crippen molar-refractivity contribution in [2.24, 2.45) is 0 Å². The highest BCUT2D eigenvalue weighted by Crippen LogP contribution is 2.19. The Bertz CT molecular complexity index is 989. The molecule has 0 spiro atoms. The second kappa shape index (κ2) is 7.30. The van der Waals surface area contributed by atoms with Gasteiger partial charge in [-0.2, -0.15) is 4.31 Å². The third-order valence-electron chi connectivity index (χ3n) is 4.88. The number of anilines is 1. The van der Waals surface area contributed by atoms with Gasteiger partial charge in [-0.05, 0) is 36.7 Å². The number of sulfonamides is 1. The van der Waals surface area contributed by atoms with Gasteiger partial charge in [0.2, 0.25) is 10.0 Å². The smallest absolute Gasteiger partial charge is 0.244 e. The molecule has 27 heavy (non-hydrogen) atoms. The Morgan fingerprint density at radius 3 is 2.59 bits per heavy atom. The summed E-state index contributed by atoms with van der Waals surface area (Å²) in [6.45, 7) is 3.11. The van der Waals surface area contributed by atoms with E-state index in [0.29, 0.717) is 25.5 Å². The molecule has 1 aliphatic heterocycles. The normalized spacial score (nSPS) is 16.6. The van der Waals surface area contributed by atoms with E-state index in [4.69, 9.17) is 0 Å².